The predicted octanol–water partition coefficient (Wildman–Crippen LogP) is 2.67. The SMILES string of the molecule is CC(=O)C(Cc1cccc2ccccc12)C(=O)O. The van der Waals surface area contributed by atoms with Crippen molar-refractivity contribution in [2.75, 3.05) is 0 Å². The Balaban J connectivity index is 2.42. The molecule has 2 aromatic rings. The fourth-order valence-corrected chi connectivity index (χ4v) is 2.10. The highest BCUT2D eigenvalue weighted by molar-refractivity contribution is 5.98. The van der Waals surface area contributed by atoms with Crippen molar-refractivity contribution < 1.29 is 14.7 Å². The summed E-state index contributed by atoms with van der Waals surface area (Å²) in [6.07, 6.45) is 0.242. The zero-order chi connectivity index (χ0) is 13.1. The van der Waals surface area contributed by atoms with E-state index in [1.807, 2.05) is 42.5 Å². The van der Waals surface area contributed by atoms with Crippen molar-refractivity contribution in [3.8, 4) is 0 Å². The molecule has 0 saturated carbocycles. The molecule has 92 valence electrons. The van der Waals surface area contributed by atoms with Gasteiger partial charge in [0.25, 0.3) is 0 Å². The number of benzene rings is 2. The molecule has 1 unspecified atom stereocenters. The lowest BCUT2D eigenvalue weighted by molar-refractivity contribution is -0.145. The van der Waals surface area contributed by atoms with Crippen LogP contribution in [0, 0.1) is 5.92 Å². The number of hydrogen-bond donors (Lipinski definition) is 1. The molecule has 0 aliphatic rings. The van der Waals surface area contributed by atoms with Crippen molar-refractivity contribution in [3.63, 3.8) is 0 Å². The summed E-state index contributed by atoms with van der Waals surface area (Å²) < 4.78 is 0. The summed E-state index contributed by atoms with van der Waals surface area (Å²) in [6.45, 7) is 1.32. The van der Waals surface area contributed by atoms with Crippen LogP contribution in [0.4, 0.5) is 0 Å². The lowest BCUT2D eigenvalue weighted by atomic mass is 9.93. The highest BCUT2D eigenvalue weighted by Gasteiger charge is 2.23. The molecule has 0 spiro atoms. The Hall–Kier alpha value is -2.16. The molecule has 0 aliphatic heterocycles. The normalized spacial score (nSPS) is 12.3. The molecule has 18 heavy (non-hydrogen) atoms. The minimum absolute atomic E-state index is 0.242. The van der Waals surface area contributed by atoms with Gasteiger partial charge in [0.2, 0.25) is 0 Å². The number of rotatable bonds is 4. The van der Waals surface area contributed by atoms with Crippen molar-refractivity contribution in [1.29, 1.82) is 0 Å². The lowest BCUT2D eigenvalue weighted by Crippen LogP contribution is -2.23. The highest BCUT2D eigenvalue weighted by atomic mass is 16.4. The van der Waals surface area contributed by atoms with E-state index < -0.39 is 11.9 Å². The van der Waals surface area contributed by atoms with Gasteiger partial charge in [0.15, 0.2) is 0 Å². The number of ketones is 1. The maximum absolute atomic E-state index is 11.3. The van der Waals surface area contributed by atoms with E-state index in [-0.39, 0.29) is 12.2 Å². The van der Waals surface area contributed by atoms with Crippen molar-refractivity contribution in [2.24, 2.45) is 5.92 Å². The quantitative estimate of drug-likeness (QED) is 0.838. The zero-order valence-corrected chi connectivity index (χ0v) is 10.1. The van der Waals surface area contributed by atoms with Gasteiger partial charge in [-0.25, -0.2) is 0 Å². The molecule has 2 rings (SSSR count). The number of fused-ring (bicyclic) bond motifs is 1. The smallest absolute Gasteiger partial charge is 0.314 e. The molecule has 0 amide bonds. The average Bonchev–Trinajstić information content (AvgIpc) is 2.35. The second-order valence-electron chi connectivity index (χ2n) is 4.34. The standard InChI is InChI=1S/C15H14O3/c1-10(16)14(15(17)18)9-12-7-4-6-11-5-2-3-8-13(11)12/h2-8,14H,9H2,1H3,(H,17,18). The molecule has 0 aliphatic carbocycles. The molecule has 3 heteroatoms. The van der Waals surface area contributed by atoms with Gasteiger partial charge in [0, 0.05) is 0 Å². The van der Waals surface area contributed by atoms with Crippen LogP contribution in [0.5, 0.6) is 0 Å². The van der Waals surface area contributed by atoms with E-state index in [9.17, 15) is 9.59 Å². The van der Waals surface area contributed by atoms with Gasteiger partial charge in [-0.3, -0.25) is 9.59 Å². The van der Waals surface area contributed by atoms with Crippen LogP contribution in [-0.2, 0) is 16.0 Å². The van der Waals surface area contributed by atoms with Crippen molar-refractivity contribution in [1.82, 2.24) is 0 Å². The molecule has 2 aromatic carbocycles. The first-order chi connectivity index (χ1) is 8.59. The van der Waals surface area contributed by atoms with Gasteiger partial charge in [0.1, 0.15) is 11.7 Å². The van der Waals surface area contributed by atoms with E-state index in [1.165, 1.54) is 6.92 Å². The predicted molar refractivity (Wildman–Crippen MR) is 69.5 cm³/mol. The largest absolute Gasteiger partial charge is 0.481 e. The fourth-order valence-electron chi connectivity index (χ4n) is 2.10. The first kappa shape index (κ1) is 12.3. The molecule has 1 atom stereocenters. The summed E-state index contributed by atoms with van der Waals surface area (Å²) in [6, 6.07) is 13.5. The number of hydrogen-bond acceptors (Lipinski definition) is 2. The number of carbonyl (C=O) groups is 2. The second kappa shape index (κ2) is 5.00. The number of carbonyl (C=O) groups excluding carboxylic acids is 1. The molecule has 0 saturated heterocycles. The van der Waals surface area contributed by atoms with Gasteiger partial charge in [-0.1, -0.05) is 42.5 Å². The molecule has 0 fully saturated rings. The monoisotopic (exact) mass is 242 g/mol. The molecule has 0 radical (unpaired) electrons. The Morgan fingerprint density at radius 2 is 1.78 bits per heavy atom. The highest BCUT2D eigenvalue weighted by Crippen LogP contribution is 2.21. The molecule has 0 bridgehead atoms. The van der Waals surface area contributed by atoms with E-state index in [2.05, 4.69) is 0 Å². The topological polar surface area (TPSA) is 54.4 Å². The van der Waals surface area contributed by atoms with E-state index in [4.69, 9.17) is 5.11 Å². The van der Waals surface area contributed by atoms with Crippen molar-refractivity contribution >= 4 is 22.5 Å². The Morgan fingerprint density at radius 1 is 1.11 bits per heavy atom. The third kappa shape index (κ3) is 2.40. The van der Waals surface area contributed by atoms with Crippen molar-refractivity contribution in [3.05, 3.63) is 48.0 Å². The third-order valence-corrected chi connectivity index (χ3v) is 3.09. The maximum Gasteiger partial charge on any atom is 0.314 e. The van der Waals surface area contributed by atoms with Gasteiger partial charge < -0.3 is 5.11 Å². The molecule has 3 nitrogen and oxygen atoms in total. The minimum atomic E-state index is -1.06. The number of aliphatic carboxylic acids is 1. The van der Waals surface area contributed by atoms with Gasteiger partial charge >= 0.3 is 5.97 Å². The van der Waals surface area contributed by atoms with Crippen LogP contribution in [-0.4, -0.2) is 16.9 Å². The van der Waals surface area contributed by atoms with Gasteiger partial charge in [0.05, 0.1) is 0 Å². The van der Waals surface area contributed by atoms with Crippen LogP contribution < -0.4 is 0 Å². The van der Waals surface area contributed by atoms with Crippen LogP contribution in [0.15, 0.2) is 42.5 Å². The Morgan fingerprint density at radius 3 is 2.44 bits per heavy atom. The summed E-state index contributed by atoms with van der Waals surface area (Å²) in [7, 11) is 0. The molecule has 1 N–H and O–H groups in total. The van der Waals surface area contributed by atoms with Crippen LogP contribution in [0.25, 0.3) is 10.8 Å². The molecule has 0 heterocycles. The number of carboxylic acids is 1. The Kier molecular flexibility index (Phi) is 3.42. The van der Waals surface area contributed by atoms with Crippen molar-refractivity contribution in [2.45, 2.75) is 13.3 Å². The van der Waals surface area contributed by atoms with Gasteiger partial charge in [-0.05, 0) is 29.7 Å². The van der Waals surface area contributed by atoms with Crippen LogP contribution in [0.3, 0.4) is 0 Å². The average molecular weight is 242 g/mol. The third-order valence-electron chi connectivity index (χ3n) is 3.09. The summed E-state index contributed by atoms with van der Waals surface area (Å²) in [5.41, 5.74) is 0.899. The Bertz CT molecular complexity index is 582. The molecular formula is C15H14O3. The first-order valence-electron chi connectivity index (χ1n) is 5.79. The van der Waals surface area contributed by atoms with Gasteiger partial charge in [-0.15, -0.1) is 0 Å². The van der Waals surface area contributed by atoms with Crippen LogP contribution in [0.2, 0.25) is 0 Å². The van der Waals surface area contributed by atoms with Crippen LogP contribution in [0.1, 0.15) is 12.5 Å². The van der Waals surface area contributed by atoms with E-state index in [1.54, 1.807) is 0 Å². The summed E-state index contributed by atoms with van der Waals surface area (Å²) in [4.78, 5) is 22.4. The lowest BCUT2D eigenvalue weighted by Gasteiger charge is -2.11. The maximum atomic E-state index is 11.3. The fraction of sp³-hybridized carbons (Fsp3) is 0.200. The molecule has 0 aromatic heterocycles. The summed E-state index contributed by atoms with van der Waals surface area (Å²) >= 11 is 0. The first-order valence-corrected chi connectivity index (χ1v) is 5.79. The second-order valence-corrected chi connectivity index (χ2v) is 4.34. The summed E-state index contributed by atoms with van der Waals surface area (Å²) in [5.74, 6) is -2.33. The number of carboxylic acid groups (broad SMARTS) is 1. The summed E-state index contributed by atoms with van der Waals surface area (Å²) in [5, 5.41) is 11.1. The Labute approximate surface area is 105 Å². The number of Topliss-reactive ketones (excluding diaryl/α,β-unsaturated/α-hetero) is 1. The minimum Gasteiger partial charge on any atom is -0.481 e. The van der Waals surface area contributed by atoms with E-state index in [0.717, 1.165) is 16.3 Å². The van der Waals surface area contributed by atoms with E-state index >= 15 is 0 Å². The molecular weight excluding hydrogens is 228 g/mol. The van der Waals surface area contributed by atoms with Crippen LogP contribution >= 0.6 is 0 Å². The zero-order valence-electron chi connectivity index (χ0n) is 10.1. The van der Waals surface area contributed by atoms with Gasteiger partial charge in [-0.2, -0.15) is 0 Å². The van der Waals surface area contributed by atoms with E-state index in [0.29, 0.717) is 0 Å².